The zero-order valence-electron chi connectivity index (χ0n) is 27.9. The third-order valence-electron chi connectivity index (χ3n) is 6.47. The van der Waals surface area contributed by atoms with Crippen LogP contribution in [-0.2, 0) is 19.1 Å². The molecule has 1 aliphatic heterocycles. The van der Waals surface area contributed by atoms with Gasteiger partial charge in [0.25, 0.3) is 0 Å². The highest BCUT2D eigenvalue weighted by atomic mass is 32.2. The number of amides is 2. The maximum Gasteiger partial charge on any atom is 0.243 e. The van der Waals surface area contributed by atoms with Crippen molar-refractivity contribution in [2.75, 3.05) is 23.4 Å². The Balaban J connectivity index is 0.00000254. The average Bonchev–Trinajstić information content (AvgIpc) is 3.11. The van der Waals surface area contributed by atoms with Crippen LogP contribution < -0.4 is 10.8 Å². The lowest BCUT2D eigenvalue weighted by Gasteiger charge is -2.36. The zero-order chi connectivity index (χ0) is 34.0. The Morgan fingerprint density at radius 2 is 1.52 bits per heavy atom. The Hall–Kier alpha value is -2.89. The van der Waals surface area contributed by atoms with Crippen molar-refractivity contribution in [2.24, 2.45) is 4.99 Å². The highest BCUT2D eigenvalue weighted by molar-refractivity contribution is 8.38. The Morgan fingerprint density at radius 3 is 2.13 bits per heavy atom. The molecule has 0 radical (unpaired) electrons. The van der Waals surface area contributed by atoms with Gasteiger partial charge in [0, 0.05) is 42.0 Å². The van der Waals surface area contributed by atoms with Gasteiger partial charge in [-0.15, -0.1) is 13.2 Å². The van der Waals surface area contributed by atoms with Crippen LogP contribution in [0.2, 0.25) is 0 Å². The molecule has 2 aromatic rings. The van der Waals surface area contributed by atoms with E-state index in [1.165, 1.54) is 0 Å². The summed E-state index contributed by atoms with van der Waals surface area (Å²) in [6.45, 7) is 16.2. The average molecular weight is 672 g/mol. The van der Waals surface area contributed by atoms with Gasteiger partial charge >= 0.3 is 0 Å². The summed E-state index contributed by atoms with van der Waals surface area (Å²) in [5.41, 5.74) is 4.37. The van der Waals surface area contributed by atoms with Crippen LogP contribution in [0.5, 0.6) is 0 Å². The summed E-state index contributed by atoms with van der Waals surface area (Å²) in [6, 6.07) is 17.8. The number of aliphatic imine (C=N–C) groups is 1. The van der Waals surface area contributed by atoms with Crippen LogP contribution in [0.25, 0.3) is 0 Å². The molecule has 3 N–H and O–H groups in total. The normalized spacial score (nSPS) is 17.3. The second-order valence-electron chi connectivity index (χ2n) is 9.79. The lowest BCUT2D eigenvalue weighted by atomic mass is 10.0. The number of nitrogens with zero attached hydrogens (tertiary/aromatic N) is 1. The van der Waals surface area contributed by atoms with E-state index >= 15 is 0 Å². The minimum Gasteiger partial charge on any atom is -0.344 e. The van der Waals surface area contributed by atoms with Crippen LogP contribution in [0.15, 0.2) is 84.9 Å². The third-order valence-corrected chi connectivity index (χ3v) is 8.87. The largest absolute Gasteiger partial charge is 0.344 e. The van der Waals surface area contributed by atoms with E-state index in [0.717, 1.165) is 52.0 Å². The highest BCUT2D eigenvalue weighted by Gasteiger charge is 2.32. The first kappa shape index (κ1) is 41.1. The molecule has 46 heavy (non-hydrogen) atoms. The first-order valence-corrected chi connectivity index (χ1v) is 18.2. The van der Waals surface area contributed by atoms with E-state index in [0.29, 0.717) is 25.8 Å². The van der Waals surface area contributed by atoms with E-state index in [9.17, 15) is 9.59 Å². The molecule has 1 saturated heterocycles. The van der Waals surface area contributed by atoms with Gasteiger partial charge in [-0.2, -0.15) is 0 Å². The summed E-state index contributed by atoms with van der Waals surface area (Å²) in [5.74, 6) is 1.11. The Labute approximate surface area is 284 Å². The second-order valence-corrected chi connectivity index (χ2v) is 12.1. The molecule has 2 amide bonds. The molecule has 10 heteroatoms. The molecule has 1 fully saturated rings. The zero-order valence-corrected chi connectivity index (χ0v) is 29.5. The van der Waals surface area contributed by atoms with Gasteiger partial charge in [0.15, 0.2) is 6.29 Å². The van der Waals surface area contributed by atoms with Crippen molar-refractivity contribution in [3.8, 4) is 0 Å². The summed E-state index contributed by atoms with van der Waals surface area (Å²) < 4.78 is 13.8. The van der Waals surface area contributed by atoms with Crippen molar-refractivity contribution < 1.29 is 24.3 Å². The molecule has 0 spiro atoms. The molecule has 0 aromatic heterocycles. The van der Waals surface area contributed by atoms with E-state index < -0.39 is 6.29 Å². The van der Waals surface area contributed by atoms with Crippen LogP contribution in [0.1, 0.15) is 96.2 Å². The van der Waals surface area contributed by atoms with Gasteiger partial charge in [-0.05, 0) is 30.5 Å². The predicted molar refractivity (Wildman–Crippen MR) is 196 cm³/mol. The quantitative estimate of drug-likeness (QED) is 0.0408. The van der Waals surface area contributed by atoms with Crippen LogP contribution in [0, 0.1) is 0 Å². The van der Waals surface area contributed by atoms with Gasteiger partial charge in [0.1, 0.15) is 4.38 Å². The minimum atomic E-state index is -0.484. The molecular formula is C36H53N3O5S2. The van der Waals surface area contributed by atoms with Crippen LogP contribution in [0.3, 0.4) is 0 Å². The van der Waals surface area contributed by atoms with E-state index in [-0.39, 0.29) is 30.4 Å². The maximum atomic E-state index is 12.4. The Bertz CT molecular complexity index is 1160. The standard InChI is InChI=1S/C32H41N3O5S2.2C2H6/c1-3-20-33-32(41-21-4-2)42-23-27-22-28(40-31(39-27)25-12-8-7-9-13-25)24-16-18-26(19-17-24)34-29(36)14-10-5-6-11-15-30(37)35-38;2*1-2/h3-4,7-9,12-13,16-19,27-28,31,38H,1-2,5-6,10-11,14-15,20-23H2,(H,34,36)(H,35,37);2*1-2H3. The van der Waals surface area contributed by atoms with Gasteiger partial charge in [-0.3, -0.25) is 19.8 Å². The first-order chi connectivity index (χ1) is 22.5. The van der Waals surface area contributed by atoms with Crippen LogP contribution in [0.4, 0.5) is 5.69 Å². The molecule has 1 heterocycles. The summed E-state index contributed by atoms with van der Waals surface area (Å²) in [6.07, 6.45) is 7.48. The number of hydroxylamine groups is 1. The van der Waals surface area contributed by atoms with E-state index in [1.807, 2.05) is 88.4 Å². The molecule has 0 saturated carbocycles. The number of hydrogen-bond donors (Lipinski definition) is 3. The monoisotopic (exact) mass is 671 g/mol. The van der Waals surface area contributed by atoms with Crippen molar-refractivity contribution in [3.05, 3.63) is 91.0 Å². The number of carbonyl (C=O) groups is 2. The number of benzene rings is 2. The lowest BCUT2D eigenvalue weighted by Crippen LogP contribution is -2.31. The number of hydrogen-bond acceptors (Lipinski definition) is 8. The van der Waals surface area contributed by atoms with E-state index in [1.54, 1.807) is 35.1 Å². The van der Waals surface area contributed by atoms with Crippen molar-refractivity contribution in [2.45, 2.75) is 91.1 Å². The van der Waals surface area contributed by atoms with Crippen LogP contribution >= 0.6 is 23.5 Å². The lowest BCUT2D eigenvalue weighted by molar-refractivity contribution is -0.245. The Morgan fingerprint density at radius 1 is 0.870 bits per heavy atom. The van der Waals surface area contributed by atoms with E-state index in [4.69, 9.17) is 14.7 Å². The number of rotatable bonds is 16. The van der Waals surface area contributed by atoms with Crippen molar-refractivity contribution in [3.63, 3.8) is 0 Å². The fraction of sp³-hybridized carbons (Fsp3) is 0.472. The summed E-state index contributed by atoms with van der Waals surface area (Å²) in [5, 5.41) is 11.5. The minimum absolute atomic E-state index is 0.0392. The van der Waals surface area contributed by atoms with Gasteiger partial charge < -0.3 is 14.8 Å². The fourth-order valence-electron chi connectivity index (χ4n) is 4.35. The van der Waals surface area contributed by atoms with Gasteiger partial charge in [-0.25, -0.2) is 5.48 Å². The molecule has 0 aliphatic carbocycles. The number of nitrogens with one attached hydrogen (secondary N) is 2. The van der Waals surface area contributed by atoms with Crippen molar-refractivity contribution >= 4 is 45.4 Å². The predicted octanol–water partition coefficient (Wildman–Crippen LogP) is 9.26. The Kier molecular flexibility index (Phi) is 23.4. The first-order valence-electron chi connectivity index (χ1n) is 16.2. The fourth-order valence-corrected chi connectivity index (χ4v) is 6.22. The third kappa shape index (κ3) is 16.6. The highest BCUT2D eigenvalue weighted by Crippen LogP contribution is 2.39. The van der Waals surface area contributed by atoms with Gasteiger partial charge in [-0.1, -0.05) is 119 Å². The van der Waals surface area contributed by atoms with Gasteiger partial charge in [0.2, 0.25) is 11.8 Å². The number of ether oxygens (including phenoxy) is 2. The molecule has 2 aromatic carbocycles. The molecular weight excluding hydrogens is 619 g/mol. The number of anilines is 1. The summed E-state index contributed by atoms with van der Waals surface area (Å²) in [4.78, 5) is 28.1. The number of thioether (sulfide) groups is 2. The smallest absolute Gasteiger partial charge is 0.243 e. The molecule has 254 valence electrons. The van der Waals surface area contributed by atoms with Crippen molar-refractivity contribution in [1.82, 2.24) is 5.48 Å². The summed E-state index contributed by atoms with van der Waals surface area (Å²) >= 11 is 3.35. The number of carbonyl (C=O) groups excluding carboxylic acids is 2. The van der Waals surface area contributed by atoms with Crippen LogP contribution in [-0.4, -0.2) is 45.6 Å². The van der Waals surface area contributed by atoms with E-state index in [2.05, 4.69) is 23.5 Å². The number of unbranched alkanes of at least 4 members (excludes halogenated alkanes) is 3. The molecule has 0 bridgehead atoms. The molecule has 1 aliphatic rings. The molecule has 8 nitrogen and oxygen atoms in total. The second kappa shape index (κ2) is 26.2. The van der Waals surface area contributed by atoms with Gasteiger partial charge in [0.05, 0.1) is 18.8 Å². The molecule has 3 rings (SSSR count). The molecule has 3 unspecified atom stereocenters. The van der Waals surface area contributed by atoms with Crippen molar-refractivity contribution in [1.29, 1.82) is 0 Å². The maximum absolute atomic E-state index is 12.4. The SMILES string of the molecule is C=CCN=C(SCC=C)SCC1CC(c2ccc(NC(=O)CCCCCCC(=O)NO)cc2)OC(c2ccccc2)O1.CC.CC. The summed E-state index contributed by atoms with van der Waals surface area (Å²) in [7, 11) is 0. The molecule has 3 atom stereocenters. The topological polar surface area (TPSA) is 109 Å².